The van der Waals surface area contributed by atoms with Gasteiger partial charge in [0.25, 0.3) is 10.0 Å². The molecule has 2 atom stereocenters. The van der Waals surface area contributed by atoms with Gasteiger partial charge in [0.15, 0.2) is 10.8 Å². The number of Topliss-reactive ketones (excluding diaryl/α,β-unsaturated/α-hetero) is 1. The molecule has 2 heterocycles. The molecule has 10 heteroatoms. The maximum atomic E-state index is 13.1. The van der Waals surface area contributed by atoms with Gasteiger partial charge in [-0.2, -0.15) is 8.42 Å². The molecule has 148 valence electrons. The number of rotatable bonds is 7. The molecule has 0 bridgehead atoms. The minimum Gasteiger partial charge on any atom is -0.369 e. The number of nitrogens with one attached hydrogen (secondary N) is 1. The Morgan fingerprint density at radius 2 is 2.15 bits per heavy atom. The number of amides is 2. The van der Waals surface area contributed by atoms with E-state index in [-0.39, 0.29) is 36.6 Å². The topological polar surface area (TPSA) is 140 Å². The van der Waals surface area contributed by atoms with Crippen molar-refractivity contribution in [2.75, 3.05) is 13.1 Å². The van der Waals surface area contributed by atoms with Crippen molar-refractivity contribution >= 4 is 27.6 Å². The van der Waals surface area contributed by atoms with Crippen molar-refractivity contribution in [3.8, 4) is 0 Å². The van der Waals surface area contributed by atoms with Crippen LogP contribution in [-0.2, 0) is 24.4 Å². The molecule has 0 aromatic carbocycles. The fourth-order valence-corrected chi connectivity index (χ4v) is 4.39. The molecule has 1 aliphatic rings. The zero-order valence-electron chi connectivity index (χ0n) is 15.1. The van der Waals surface area contributed by atoms with E-state index in [9.17, 15) is 22.8 Å². The smallest absolute Gasteiger partial charge is 0.284 e. The Kier molecular flexibility index (Phi) is 7.03. The van der Waals surface area contributed by atoms with Crippen LogP contribution in [0.2, 0.25) is 0 Å². The quantitative estimate of drug-likeness (QED) is 0.651. The summed E-state index contributed by atoms with van der Waals surface area (Å²) in [6.45, 7) is 2.12. The van der Waals surface area contributed by atoms with Gasteiger partial charge in [0.05, 0.1) is 6.54 Å². The highest BCUT2D eigenvalue weighted by molar-refractivity contribution is 7.89. The van der Waals surface area contributed by atoms with Crippen molar-refractivity contribution in [3.05, 3.63) is 24.4 Å². The molecule has 1 unspecified atom stereocenters. The van der Waals surface area contributed by atoms with Crippen molar-refractivity contribution in [2.24, 2.45) is 11.7 Å². The summed E-state index contributed by atoms with van der Waals surface area (Å²) in [5.41, 5.74) is 5.21. The van der Waals surface area contributed by atoms with Gasteiger partial charge in [-0.3, -0.25) is 14.4 Å². The highest BCUT2D eigenvalue weighted by Crippen LogP contribution is 2.23. The van der Waals surface area contributed by atoms with Crippen LogP contribution < -0.4 is 11.1 Å². The Bertz CT molecular complexity index is 797. The second-order valence-corrected chi connectivity index (χ2v) is 8.27. The molecule has 0 spiro atoms. The molecule has 1 aromatic rings. The Hall–Kier alpha value is -2.33. The van der Waals surface area contributed by atoms with Gasteiger partial charge in [-0.1, -0.05) is 13.0 Å². The molecule has 3 N–H and O–H groups in total. The lowest BCUT2D eigenvalue weighted by Crippen LogP contribution is -2.49. The Morgan fingerprint density at radius 3 is 2.78 bits per heavy atom. The summed E-state index contributed by atoms with van der Waals surface area (Å²) in [6, 6.07) is 3.23. The van der Waals surface area contributed by atoms with Crippen LogP contribution in [0.3, 0.4) is 0 Å². The summed E-state index contributed by atoms with van der Waals surface area (Å²) < 4.78 is 26.8. The van der Waals surface area contributed by atoms with Gasteiger partial charge < -0.3 is 11.1 Å². The van der Waals surface area contributed by atoms with Crippen molar-refractivity contribution in [2.45, 2.75) is 43.7 Å². The second-order valence-electron chi connectivity index (χ2n) is 6.51. The first-order valence-corrected chi connectivity index (χ1v) is 10.2. The number of pyridine rings is 1. The van der Waals surface area contributed by atoms with E-state index >= 15 is 0 Å². The van der Waals surface area contributed by atoms with Gasteiger partial charge in [-0.05, 0) is 37.9 Å². The molecule has 1 fully saturated rings. The molecular weight excluding hydrogens is 372 g/mol. The van der Waals surface area contributed by atoms with Crippen LogP contribution in [0.5, 0.6) is 0 Å². The van der Waals surface area contributed by atoms with Crippen LogP contribution in [0.15, 0.2) is 29.4 Å². The number of hydrogen-bond acceptors (Lipinski definition) is 7. The summed E-state index contributed by atoms with van der Waals surface area (Å²) in [5.74, 6) is -2.27. The van der Waals surface area contributed by atoms with Crippen LogP contribution >= 0.6 is 0 Å². The number of sulfonamides is 1. The first-order chi connectivity index (χ1) is 12.7. The number of nitrogens with two attached hydrogens (primary N) is 1. The first-order valence-electron chi connectivity index (χ1n) is 8.76. The van der Waals surface area contributed by atoms with Crippen LogP contribution in [-0.4, -0.2) is 54.4 Å². The highest BCUT2D eigenvalue weighted by Gasteiger charge is 2.40. The lowest BCUT2D eigenvalue weighted by molar-refractivity contribution is -0.134. The van der Waals surface area contributed by atoms with Gasteiger partial charge in [0.2, 0.25) is 11.8 Å². The third-order valence-corrected chi connectivity index (χ3v) is 6.21. The van der Waals surface area contributed by atoms with E-state index in [0.717, 1.165) is 0 Å². The van der Waals surface area contributed by atoms with E-state index in [1.54, 1.807) is 13.0 Å². The Morgan fingerprint density at radius 1 is 1.41 bits per heavy atom. The molecule has 1 aromatic heterocycles. The number of primary amides is 1. The van der Waals surface area contributed by atoms with Gasteiger partial charge in [0, 0.05) is 18.5 Å². The average Bonchev–Trinajstić information content (AvgIpc) is 2.85. The molecule has 27 heavy (non-hydrogen) atoms. The predicted octanol–water partition coefficient (Wildman–Crippen LogP) is -0.178. The number of nitrogens with zero attached hydrogens (tertiary/aromatic N) is 2. The maximum Gasteiger partial charge on any atom is 0.284 e. The number of hydrogen-bond donors (Lipinski definition) is 2. The fraction of sp³-hybridized carbons (Fsp3) is 0.529. The third-order valence-electron chi connectivity index (χ3n) is 4.47. The van der Waals surface area contributed by atoms with Crippen LogP contribution in [0, 0.1) is 5.92 Å². The summed E-state index contributed by atoms with van der Waals surface area (Å²) >= 11 is 0. The summed E-state index contributed by atoms with van der Waals surface area (Å²) in [7, 11) is -4.31. The minimum absolute atomic E-state index is 0.0100. The zero-order valence-corrected chi connectivity index (χ0v) is 15.9. The SMILES string of the molecule is CC(CCC(=O)N([C@H]1CCCNCC1=O)S(=O)(=O)c1ccccn1)C(N)=O. The van der Waals surface area contributed by atoms with Crippen LogP contribution in [0.25, 0.3) is 0 Å². The third kappa shape index (κ3) is 5.10. The van der Waals surface area contributed by atoms with E-state index in [2.05, 4.69) is 10.3 Å². The lowest BCUT2D eigenvalue weighted by Gasteiger charge is -2.29. The monoisotopic (exact) mass is 396 g/mol. The molecule has 0 radical (unpaired) electrons. The number of aromatic nitrogens is 1. The summed E-state index contributed by atoms with van der Waals surface area (Å²) in [5, 5.41) is 2.62. The largest absolute Gasteiger partial charge is 0.369 e. The molecule has 1 aliphatic heterocycles. The summed E-state index contributed by atoms with van der Waals surface area (Å²) in [4.78, 5) is 40.4. The van der Waals surface area contributed by atoms with Gasteiger partial charge in [-0.15, -0.1) is 0 Å². The van der Waals surface area contributed by atoms with Crippen molar-refractivity contribution in [3.63, 3.8) is 0 Å². The Balaban J connectivity index is 2.37. The van der Waals surface area contributed by atoms with Gasteiger partial charge >= 0.3 is 0 Å². The van der Waals surface area contributed by atoms with E-state index in [1.807, 2.05) is 0 Å². The molecular formula is C17H24N4O5S. The molecule has 2 amide bonds. The lowest BCUT2D eigenvalue weighted by atomic mass is 10.0. The summed E-state index contributed by atoms with van der Waals surface area (Å²) in [6.07, 6.45) is 1.97. The van der Waals surface area contributed by atoms with Gasteiger partial charge in [0.1, 0.15) is 6.04 Å². The molecule has 1 saturated heterocycles. The molecule has 0 aliphatic carbocycles. The second kappa shape index (κ2) is 9.05. The van der Waals surface area contributed by atoms with E-state index < -0.39 is 33.8 Å². The first kappa shape index (κ1) is 21.0. The number of carbonyl (C=O) groups excluding carboxylic acids is 3. The number of ketones is 1. The van der Waals surface area contributed by atoms with Crippen molar-refractivity contribution < 1.29 is 22.8 Å². The minimum atomic E-state index is -4.31. The highest BCUT2D eigenvalue weighted by atomic mass is 32.2. The standard InChI is InChI=1S/C17H24N4O5S/c1-12(17(18)24)7-8-16(23)21(13-5-4-9-19-11-14(13)22)27(25,26)15-6-2-3-10-20-15/h2-3,6,10,12-13,19H,4-5,7-9,11H2,1H3,(H2,18,24)/t12?,13-/m0/s1. The van der Waals surface area contributed by atoms with Crippen molar-refractivity contribution in [1.29, 1.82) is 0 Å². The van der Waals surface area contributed by atoms with E-state index in [0.29, 0.717) is 17.3 Å². The average molecular weight is 396 g/mol. The normalized spacial score (nSPS) is 19.1. The fourth-order valence-electron chi connectivity index (χ4n) is 2.83. The number of carbonyl (C=O) groups is 3. The zero-order chi connectivity index (χ0) is 20.0. The van der Waals surface area contributed by atoms with Crippen LogP contribution in [0.1, 0.15) is 32.6 Å². The van der Waals surface area contributed by atoms with Crippen LogP contribution in [0.4, 0.5) is 0 Å². The predicted molar refractivity (Wildman–Crippen MR) is 96.8 cm³/mol. The van der Waals surface area contributed by atoms with E-state index in [4.69, 9.17) is 5.73 Å². The van der Waals surface area contributed by atoms with E-state index in [1.165, 1.54) is 18.3 Å². The Labute approximate surface area is 158 Å². The molecule has 9 nitrogen and oxygen atoms in total. The molecule has 2 rings (SSSR count). The maximum absolute atomic E-state index is 13.1. The molecule has 0 saturated carbocycles. The van der Waals surface area contributed by atoms with Crippen molar-refractivity contribution in [1.82, 2.24) is 14.6 Å². The van der Waals surface area contributed by atoms with Gasteiger partial charge in [-0.25, -0.2) is 9.29 Å².